The van der Waals surface area contributed by atoms with Crippen LogP contribution in [-0.2, 0) is 9.59 Å². The number of hydrogen-bond donors (Lipinski definition) is 2. The van der Waals surface area contributed by atoms with Gasteiger partial charge in [-0.1, -0.05) is 36.4 Å². The summed E-state index contributed by atoms with van der Waals surface area (Å²) in [5.41, 5.74) is 4.12. The SMILES string of the molecule is Cc1ccc(C(C)NC(=O)CN(CC(=O)O)c2ccccc2)cc1C. The highest BCUT2D eigenvalue weighted by Gasteiger charge is 2.17. The summed E-state index contributed by atoms with van der Waals surface area (Å²) >= 11 is 0. The van der Waals surface area contributed by atoms with E-state index in [2.05, 4.69) is 11.4 Å². The Balaban J connectivity index is 2.05. The maximum absolute atomic E-state index is 12.4. The molecule has 0 aliphatic carbocycles. The van der Waals surface area contributed by atoms with Gasteiger partial charge in [-0.05, 0) is 49.6 Å². The van der Waals surface area contributed by atoms with E-state index < -0.39 is 5.97 Å². The molecule has 2 aromatic rings. The van der Waals surface area contributed by atoms with E-state index in [1.54, 1.807) is 17.0 Å². The molecular weight excluding hydrogens is 316 g/mol. The molecule has 0 bridgehead atoms. The van der Waals surface area contributed by atoms with Crippen LogP contribution in [0.2, 0.25) is 0 Å². The fourth-order valence-corrected chi connectivity index (χ4v) is 2.62. The summed E-state index contributed by atoms with van der Waals surface area (Å²) in [4.78, 5) is 25.0. The van der Waals surface area contributed by atoms with Crippen molar-refractivity contribution in [1.82, 2.24) is 5.32 Å². The largest absolute Gasteiger partial charge is 0.480 e. The topological polar surface area (TPSA) is 69.6 Å². The lowest BCUT2D eigenvalue weighted by Crippen LogP contribution is -2.40. The Morgan fingerprint density at radius 2 is 1.72 bits per heavy atom. The number of aryl methyl sites for hydroxylation is 2. The second kappa shape index (κ2) is 8.33. The predicted octanol–water partition coefficient (Wildman–Crippen LogP) is 3.07. The highest BCUT2D eigenvalue weighted by atomic mass is 16.4. The maximum atomic E-state index is 12.4. The summed E-state index contributed by atoms with van der Waals surface area (Å²) in [6.07, 6.45) is 0. The van der Waals surface area contributed by atoms with Crippen LogP contribution in [0.25, 0.3) is 0 Å². The summed E-state index contributed by atoms with van der Waals surface area (Å²) in [7, 11) is 0. The molecule has 2 aromatic carbocycles. The van der Waals surface area contributed by atoms with E-state index in [9.17, 15) is 9.59 Å². The third-order valence-corrected chi connectivity index (χ3v) is 4.19. The van der Waals surface area contributed by atoms with Crippen LogP contribution in [0.4, 0.5) is 5.69 Å². The van der Waals surface area contributed by atoms with E-state index in [0.717, 1.165) is 5.56 Å². The van der Waals surface area contributed by atoms with Gasteiger partial charge in [0.1, 0.15) is 6.54 Å². The van der Waals surface area contributed by atoms with Crippen LogP contribution >= 0.6 is 0 Å². The van der Waals surface area contributed by atoms with Crippen LogP contribution in [0.5, 0.6) is 0 Å². The fraction of sp³-hybridized carbons (Fsp3) is 0.300. The first-order chi connectivity index (χ1) is 11.9. The molecular formula is C20H24N2O3. The molecule has 0 aliphatic heterocycles. The zero-order chi connectivity index (χ0) is 18.4. The minimum atomic E-state index is -0.973. The smallest absolute Gasteiger partial charge is 0.323 e. The summed E-state index contributed by atoms with van der Waals surface area (Å²) < 4.78 is 0. The van der Waals surface area contributed by atoms with E-state index in [1.165, 1.54) is 11.1 Å². The molecule has 5 heteroatoms. The number of rotatable bonds is 7. The average molecular weight is 340 g/mol. The van der Waals surface area contributed by atoms with E-state index in [-0.39, 0.29) is 25.0 Å². The van der Waals surface area contributed by atoms with Crippen molar-refractivity contribution in [2.75, 3.05) is 18.0 Å². The van der Waals surface area contributed by atoms with Gasteiger partial charge >= 0.3 is 5.97 Å². The zero-order valence-corrected chi connectivity index (χ0v) is 14.8. The number of amides is 1. The van der Waals surface area contributed by atoms with Crippen LogP contribution in [0, 0.1) is 13.8 Å². The van der Waals surface area contributed by atoms with E-state index in [4.69, 9.17) is 5.11 Å². The number of anilines is 1. The summed E-state index contributed by atoms with van der Waals surface area (Å²) in [6, 6.07) is 15.0. The molecule has 132 valence electrons. The van der Waals surface area contributed by atoms with Gasteiger partial charge in [0.15, 0.2) is 0 Å². The quantitative estimate of drug-likeness (QED) is 0.813. The zero-order valence-electron chi connectivity index (χ0n) is 14.8. The molecule has 2 rings (SSSR count). The second-order valence-corrected chi connectivity index (χ2v) is 6.22. The number of carbonyl (C=O) groups is 2. The van der Waals surface area contributed by atoms with Crippen molar-refractivity contribution in [3.05, 3.63) is 65.2 Å². The molecule has 25 heavy (non-hydrogen) atoms. The Kier molecular flexibility index (Phi) is 6.17. The molecule has 0 saturated carbocycles. The average Bonchev–Trinajstić information content (AvgIpc) is 2.57. The highest BCUT2D eigenvalue weighted by molar-refractivity contribution is 5.84. The lowest BCUT2D eigenvalue weighted by molar-refractivity contribution is -0.135. The standard InChI is InChI=1S/C20H24N2O3/c1-14-9-10-17(11-15(14)2)16(3)21-19(23)12-22(13-20(24)25)18-7-5-4-6-8-18/h4-11,16H,12-13H2,1-3H3,(H,21,23)(H,24,25). The Bertz CT molecular complexity index is 744. The van der Waals surface area contributed by atoms with Crippen molar-refractivity contribution in [1.29, 1.82) is 0 Å². The molecule has 0 radical (unpaired) electrons. The molecule has 0 aromatic heterocycles. The predicted molar refractivity (Wildman–Crippen MR) is 98.8 cm³/mol. The van der Waals surface area contributed by atoms with Gasteiger partial charge < -0.3 is 15.3 Å². The fourth-order valence-electron chi connectivity index (χ4n) is 2.62. The second-order valence-electron chi connectivity index (χ2n) is 6.22. The van der Waals surface area contributed by atoms with Gasteiger partial charge in [-0.25, -0.2) is 0 Å². The molecule has 2 N–H and O–H groups in total. The Morgan fingerprint density at radius 3 is 2.32 bits per heavy atom. The van der Waals surface area contributed by atoms with Gasteiger partial charge in [-0.15, -0.1) is 0 Å². The van der Waals surface area contributed by atoms with Crippen LogP contribution in [0.3, 0.4) is 0 Å². The van der Waals surface area contributed by atoms with Gasteiger partial charge in [0.25, 0.3) is 0 Å². The summed E-state index contributed by atoms with van der Waals surface area (Å²) in [5.74, 6) is -1.19. The molecule has 1 atom stereocenters. The van der Waals surface area contributed by atoms with Crippen molar-refractivity contribution in [2.45, 2.75) is 26.8 Å². The lowest BCUT2D eigenvalue weighted by atomic mass is 10.0. The van der Waals surface area contributed by atoms with Gasteiger partial charge in [0.05, 0.1) is 12.6 Å². The van der Waals surface area contributed by atoms with Crippen molar-refractivity contribution >= 4 is 17.6 Å². The van der Waals surface area contributed by atoms with E-state index >= 15 is 0 Å². The van der Waals surface area contributed by atoms with Gasteiger partial charge in [0.2, 0.25) is 5.91 Å². The van der Waals surface area contributed by atoms with Crippen LogP contribution in [0.15, 0.2) is 48.5 Å². The number of nitrogens with one attached hydrogen (secondary N) is 1. The third-order valence-electron chi connectivity index (χ3n) is 4.19. The Morgan fingerprint density at radius 1 is 1.04 bits per heavy atom. The number of aliphatic carboxylic acids is 1. The van der Waals surface area contributed by atoms with Crippen molar-refractivity contribution in [3.63, 3.8) is 0 Å². The summed E-state index contributed by atoms with van der Waals surface area (Å²) in [6.45, 7) is 5.77. The van der Waals surface area contributed by atoms with Crippen molar-refractivity contribution < 1.29 is 14.7 Å². The third kappa shape index (κ3) is 5.35. The molecule has 1 unspecified atom stereocenters. The number of carboxylic acid groups (broad SMARTS) is 1. The van der Waals surface area contributed by atoms with Crippen LogP contribution < -0.4 is 10.2 Å². The number of para-hydroxylation sites is 1. The van der Waals surface area contributed by atoms with Crippen molar-refractivity contribution in [2.24, 2.45) is 0 Å². The first-order valence-corrected chi connectivity index (χ1v) is 8.25. The molecule has 0 aliphatic rings. The van der Waals surface area contributed by atoms with Gasteiger partial charge in [0, 0.05) is 5.69 Å². The number of carbonyl (C=O) groups excluding carboxylic acids is 1. The molecule has 5 nitrogen and oxygen atoms in total. The highest BCUT2D eigenvalue weighted by Crippen LogP contribution is 2.17. The number of nitrogens with zero attached hydrogens (tertiary/aromatic N) is 1. The number of hydrogen-bond acceptors (Lipinski definition) is 3. The molecule has 0 fully saturated rings. The lowest BCUT2D eigenvalue weighted by Gasteiger charge is -2.23. The Labute approximate surface area is 148 Å². The van der Waals surface area contributed by atoms with Crippen LogP contribution in [-0.4, -0.2) is 30.1 Å². The summed E-state index contributed by atoms with van der Waals surface area (Å²) in [5, 5.41) is 12.0. The van der Waals surface area contributed by atoms with E-state index in [1.807, 2.05) is 51.1 Å². The first-order valence-electron chi connectivity index (χ1n) is 8.25. The minimum absolute atomic E-state index is 0.00844. The normalized spacial score (nSPS) is 11.6. The molecule has 1 amide bonds. The maximum Gasteiger partial charge on any atom is 0.323 e. The first kappa shape index (κ1) is 18.5. The van der Waals surface area contributed by atoms with Crippen LogP contribution in [0.1, 0.15) is 29.7 Å². The Hall–Kier alpha value is -2.82. The molecule has 0 heterocycles. The van der Waals surface area contributed by atoms with Crippen molar-refractivity contribution in [3.8, 4) is 0 Å². The van der Waals surface area contributed by atoms with E-state index in [0.29, 0.717) is 5.69 Å². The van der Waals surface area contributed by atoms with Gasteiger partial charge in [-0.2, -0.15) is 0 Å². The monoisotopic (exact) mass is 340 g/mol. The molecule has 0 saturated heterocycles. The molecule has 0 spiro atoms. The van der Waals surface area contributed by atoms with Gasteiger partial charge in [-0.3, -0.25) is 9.59 Å². The minimum Gasteiger partial charge on any atom is -0.480 e. The number of benzene rings is 2. The number of carboxylic acids is 1.